The average molecular weight is 162 g/mol. The largest absolute Gasteiger partial charge is 0.342 e. The van der Waals surface area contributed by atoms with Gasteiger partial charge in [-0.05, 0) is 26.8 Å². The lowest BCUT2D eigenvalue weighted by atomic mass is 10.0. The van der Waals surface area contributed by atoms with E-state index in [4.69, 9.17) is 5.73 Å². The van der Waals surface area contributed by atoms with Crippen molar-refractivity contribution in [2.45, 2.75) is 25.8 Å². The molecule has 3 nitrogen and oxygen atoms in total. The number of rotatable bonds is 3. The second-order valence-electron chi connectivity index (χ2n) is 2.85. The summed E-state index contributed by atoms with van der Waals surface area (Å²) in [4.78, 5) is 10.4. The summed E-state index contributed by atoms with van der Waals surface area (Å²) >= 11 is 3.59. The van der Waals surface area contributed by atoms with E-state index in [0.717, 1.165) is 6.42 Å². The zero-order valence-electron chi connectivity index (χ0n) is 6.35. The topological polar surface area (TPSA) is 55.1 Å². The van der Waals surface area contributed by atoms with E-state index in [2.05, 4.69) is 17.9 Å². The highest BCUT2D eigenvalue weighted by Gasteiger charge is 2.16. The molecule has 3 N–H and O–H groups in total. The van der Waals surface area contributed by atoms with Crippen LogP contribution in [0.3, 0.4) is 0 Å². The Balaban J connectivity index is 3.74. The lowest BCUT2D eigenvalue weighted by Gasteiger charge is -2.23. The van der Waals surface area contributed by atoms with Crippen LogP contribution in [0.5, 0.6) is 0 Å². The van der Waals surface area contributed by atoms with Gasteiger partial charge in [0, 0.05) is 5.54 Å². The van der Waals surface area contributed by atoms with Crippen molar-refractivity contribution < 1.29 is 4.79 Å². The van der Waals surface area contributed by atoms with Gasteiger partial charge >= 0.3 is 0 Å². The maximum Gasteiger partial charge on any atom is 0.276 e. The second-order valence-corrected chi connectivity index (χ2v) is 3.26. The Kier molecular flexibility index (Phi) is 3.75. The molecule has 0 bridgehead atoms. The molecule has 0 aromatic carbocycles. The molecule has 0 fully saturated rings. The third kappa shape index (κ3) is 4.64. The van der Waals surface area contributed by atoms with Gasteiger partial charge < -0.3 is 11.1 Å². The molecular weight excluding hydrogens is 148 g/mol. The highest BCUT2D eigenvalue weighted by Crippen LogP contribution is 2.06. The molecule has 4 heteroatoms. The van der Waals surface area contributed by atoms with E-state index >= 15 is 0 Å². The third-order valence-electron chi connectivity index (χ3n) is 1.21. The molecule has 0 radical (unpaired) electrons. The number of hydrogen-bond donors (Lipinski definition) is 3. The summed E-state index contributed by atoms with van der Waals surface area (Å²) in [6, 6.07) is 0. The van der Waals surface area contributed by atoms with Gasteiger partial charge in [0.2, 0.25) is 0 Å². The van der Waals surface area contributed by atoms with Gasteiger partial charge in [-0.25, -0.2) is 0 Å². The zero-order valence-corrected chi connectivity index (χ0v) is 7.24. The maximum absolute atomic E-state index is 10.4. The molecule has 0 rings (SSSR count). The van der Waals surface area contributed by atoms with Gasteiger partial charge in [-0.15, -0.1) is 0 Å². The van der Waals surface area contributed by atoms with Crippen LogP contribution in [0.15, 0.2) is 0 Å². The van der Waals surface area contributed by atoms with Crippen molar-refractivity contribution >= 4 is 17.9 Å². The van der Waals surface area contributed by atoms with Crippen molar-refractivity contribution in [1.82, 2.24) is 5.32 Å². The Labute approximate surface area is 66.8 Å². The summed E-state index contributed by atoms with van der Waals surface area (Å²) < 4.78 is 0. The highest BCUT2D eigenvalue weighted by molar-refractivity contribution is 7.96. The van der Waals surface area contributed by atoms with Crippen LogP contribution in [0, 0.1) is 0 Å². The first-order valence-electron chi connectivity index (χ1n) is 3.19. The van der Waals surface area contributed by atoms with Crippen LogP contribution in [0.4, 0.5) is 4.79 Å². The summed E-state index contributed by atoms with van der Waals surface area (Å²) in [6.45, 7) is 4.39. The molecule has 0 aromatic heterocycles. The maximum atomic E-state index is 10.4. The number of nitrogens with one attached hydrogen (secondary N) is 1. The van der Waals surface area contributed by atoms with E-state index in [9.17, 15) is 4.79 Å². The van der Waals surface area contributed by atoms with Crippen LogP contribution in [0.2, 0.25) is 0 Å². The van der Waals surface area contributed by atoms with Gasteiger partial charge in [0.1, 0.15) is 0 Å². The molecule has 1 amide bonds. The molecule has 0 spiro atoms. The summed E-state index contributed by atoms with van der Waals surface area (Å²) in [7, 11) is 0. The number of carbonyl (C=O) groups is 1. The minimum atomic E-state index is -0.307. The van der Waals surface area contributed by atoms with Crippen molar-refractivity contribution in [3.63, 3.8) is 0 Å². The Hall–Kier alpha value is -0.220. The average Bonchev–Trinajstić information content (AvgIpc) is 1.59. The molecule has 0 aliphatic rings. The fraction of sp³-hybridized carbons (Fsp3) is 0.833. The van der Waals surface area contributed by atoms with E-state index < -0.39 is 0 Å². The predicted molar refractivity (Wildman–Crippen MR) is 45.3 cm³/mol. The lowest BCUT2D eigenvalue weighted by molar-refractivity contribution is 0.250. The van der Waals surface area contributed by atoms with E-state index in [1.54, 1.807) is 0 Å². The van der Waals surface area contributed by atoms with Crippen LogP contribution < -0.4 is 11.1 Å². The van der Waals surface area contributed by atoms with Gasteiger partial charge in [0.15, 0.2) is 0 Å². The molecule has 0 aliphatic carbocycles. The van der Waals surface area contributed by atoms with E-state index in [-0.39, 0.29) is 10.8 Å². The number of hydrogen-bond acceptors (Lipinski definition) is 2. The third-order valence-corrected chi connectivity index (χ3v) is 1.33. The summed E-state index contributed by atoms with van der Waals surface area (Å²) in [5.74, 6) is 0. The first-order chi connectivity index (χ1) is 4.48. The zero-order chi connectivity index (χ0) is 8.20. The van der Waals surface area contributed by atoms with Crippen molar-refractivity contribution in [3.05, 3.63) is 0 Å². The SMILES string of the molecule is CC(C)(CCN)NC(=O)S. The first kappa shape index (κ1) is 9.78. The second kappa shape index (κ2) is 3.83. The van der Waals surface area contributed by atoms with Crippen LogP contribution in [-0.2, 0) is 0 Å². The van der Waals surface area contributed by atoms with Gasteiger partial charge in [0.05, 0.1) is 0 Å². The smallest absolute Gasteiger partial charge is 0.276 e. The molecule has 60 valence electrons. The summed E-state index contributed by atoms with van der Waals surface area (Å²) in [5, 5.41) is 2.36. The predicted octanol–water partition coefficient (Wildman–Crippen LogP) is 0.753. The molecule has 0 saturated heterocycles. The minimum absolute atomic E-state index is 0.229. The van der Waals surface area contributed by atoms with E-state index in [0.29, 0.717) is 6.54 Å². The Morgan fingerprint density at radius 2 is 2.20 bits per heavy atom. The van der Waals surface area contributed by atoms with Crippen molar-refractivity contribution in [2.75, 3.05) is 6.54 Å². The monoisotopic (exact) mass is 162 g/mol. The standard InChI is InChI=1S/C6H14N2OS/c1-6(2,3-4-7)8-5(9)10/h3-4,7H2,1-2H3,(H2,8,9,10). The summed E-state index contributed by atoms with van der Waals surface area (Å²) in [5.41, 5.74) is 5.09. The number of amides is 1. The molecule has 0 atom stereocenters. The van der Waals surface area contributed by atoms with Crippen LogP contribution in [0.1, 0.15) is 20.3 Å². The van der Waals surface area contributed by atoms with Crippen molar-refractivity contribution in [2.24, 2.45) is 5.73 Å². The van der Waals surface area contributed by atoms with Gasteiger partial charge in [-0.2, -0.15) is 0 Å². The fourth-order valence-corrected chi connectivity index (χ4v) is 1.02. The summed E-state index contributed by atoms with van der Waals surface area (Å²) in [6.07, 6.45) is 0.763. The molecule has 0 heterocycles. The molecule has 10 heavy (non-hydrogen) atoms. The minimum Gasteiger partial charge on any atom is -0.342 e. The number of thiol groups is 1. The highest BCUT2D eigenvalue weighted by atomic mass is 32.1. The molecular formula is C6H14N2OS. The van der Waals surface area contributed by atoms with Crippen molar-refractivity contribution in [1.29, 1.82) is 0 Å². The van der Waals surface area contributed by atoms with Gasteiger partial charge in [-0.3, -0.25) is 4.79 Å². The van der Waals surface area contributed by atoms with Crippen LogP contribution in [-0.4, -0.2) is 17.3 Å². The van der Waals surface area contributed by atoms with Crippen LogP contribution >= 0.6 is 12.6 Å². The van der Waals surface area contributed by atoms with Gasteiger partial charge in [0.25, 0.3) is 5.24 Å². The Morgan fingerprint density at radius 3 is 2.50 bits per heavy atom. The van der Waals surface area contributed by atoms with Crippen LogP contribution in [0.25, 0.3) is 0 Å². The Bertz CT molecular complexity index is 125. The quantitative estimate of drug-likeness (QED) is 0.536. The van der Waals surface area contributed by atoms with E-state index in [1.807, 2.05) is 13.8 Å². The molecule has 0 aliphatic heterocycles. The normalized spacial score (nSPS) is 11.2. The lowest BCUT2D eigenvalue weighted by Crippen LogP contribution is -2.42. The molecule has 0 saturated carbocycles. The van der Waals surface area contributed by atoms with E-state index in [1.165, 1.54) is 0 Å². The fourth-order valence-electron chi connectivity index (χ4n) is 0.713. The molecule has 0 unspecified atom stereocenters. The first-order valence-corrected chi connectivity index (χ1v) is 3.64. The number of nitrogens with two attached hydrogens (primary N) is 1. The van der Waals surface area contributed by atoms with Crippen molar-refractivity contribution in [3.8, 4) is 0 Å². The number of carbonyl (C=O) groups excluding carboxylic acids is 1. The van der Waals surface area contributed by atoms with Gasteiger partial charge in [-0.1, -0.05) is 12.6 Å². The molecule has 0 aromatic rings. The Morgan fingerprint density at radius 1 is 1.70 bits per heavy atom.